The minimum atomic E-state index is 0.674. The number of halogens is 1. The first-order valence-corrected chi connectivity index (χ1v) is 9.41. The van der Waals surface area contributed by atoms with Gasteiger partial charge in [0.25, 0.3) is 0 Å². The Labute approximate surface area is 158 Å². The molecule has 26 heavy (non-hydrogen) atoms. The molecule has 5 heteroatoms. The van der Waals surface area contributed by atoms with Crippen molar-refractivity contribution >= 4 is 22.5 Å². The van der Waals surface area contributed by atoms with Crippen LogP contribution in [0.25, 0.3) is 10.9 Å². The number of hydrogen-bond donors (Lipinski definition) is 1. The highest BCUT2D eigenvalue weighted by molar-refractivity contribution is 6.30. The van der Waals surface area contributed by atoms with Crippen LogP contribution in [0, 0.1) is 0 Å². The van der Waals surface area contributed by atoms with Gasteiger partial charge in [0.05, 0.1) is 19.2 Å². The molecule has 0 radical (unpaired) electrons. The summed E-state index contributed by atoms with van der Waals surface area (Å²) >= 11 is 5.91. The lowest BCUT2D eigenvalue weighted by molar-refractivity contribution is 0.301. The number of methoxy groups -OCH3 is 1. The molecule has 2 heterocycles. The quantitative estimate of drug-likeness (QED) is 0.652. The highest BCUT2D eigenvalue weighted by Crippen LogP contribution is 2.31. The van der Waals surface area contributed by atoms with E-state index >= 15 is 0 Å². The predicted molar refractivity (Wildman–Crippen MR) is 105 cm³/mol. The summed E-state index contributed by atoms with van der Waals surface area (Å²) < 4.78 is 13.7. The average Bonchev–Trinajstić information content (AvgIpc) is 3.00. The normalized spacial score (nSPS) is 13.6. The van der Waals surface area contributed by atoms with Crippen LogP contribution in [-0.2, 0) is 19.5 Å². The molecule has 2 aromatic carbocycles. The molecule has 0 saturated heterocycles. The van der Waals surface area contributed by atoms with E-state index in [1.54, 1.807) is 7.11 Å². The molecule has 0 atom stereocenters. The monoisotopic (exact) mass is 370 g/mol. The molecular formula is C21H23ClN2O2. The second kappa shape index (κ2) is 7.60. The summed E-state index contributed by atoms with van der Waals surface area (Å²) in [6.07, 6.45) is 2.02. The van der Waals surface area contributed by atoms with Gasteiger partial charge in [0.1, 0.15) is 11.5 Å². The van der Waals surface area contributed by atoms with E-state index in [1.165, 1.54) is 22.2 Å². The van der Waals surface area contributed by atoms with Gasteiger partial charge < -0.3 is 19.4 Å². The van der Waals surface area contributed by atoms with Gasteiger partial charge in [-0.25, -0.2) is 0 Å². The number of fused-ring (bicyclic) bond motifs is 3. The SMILES string of the molecule is COc1ccc2c3c(n(CCCOc4ccc(Cl)cc4)c2c1)CNCC3. The molecule has 0 fully saturated rings. The molecular weight excluding hydrogens is 348 g/mol. The maximum absolute atomic E-state index is 5.91. The van der Waals surface area contributed by atoms with Crippen LogP contribution in [0.3, 0.4) is 0 Å². The van der Waals surface area contributed by atoms with E-state index < -0.39 is 0 Å². The lowest BCUT2D eigenvalue weighted by Crippen LogP contribution is -2.25. The summed E-state index contributed by atoms with van der Waals surface area (Å²) in [5.74, 6) is 1.76. The summed E-state index contributed by atoms with van der Waals surface area (Å²) in [7, 11) is 1.72. The smallest absolute Gasteiger partial charge is 0.120 e. The molecule has 1 aliphatic rings. The van der Waals surface area contributed by atoms with Gasteiger partial charge in [0.15, 0.2) is 0 Å². The maximum Gasteiger partial charge on any atom is 0.120 e. The first kappa shape index (κ1) is 17.3. The number of benzene rings is 2. The second-order valence-corrected chi connectivity index (χ2v) is 6.98. The summed E-state index contributed by atoms with van der Waals surface area (Å²) in [5, 5.41) is 5.57. The fourth-order valence-electron chi connectivity index (χ4n) is 3.68. The molecule has 0 amide bonds. The Bertz CT molecular complexity index is 903. The van der Waals surface area contributed by atoms with Crippen molar-refractivity contribution in [2.24, 2.45) is 0 Å². The Kier molecular flexibility index (Phi) is 5.05. The van der Waals surface area contributed by atoms with E-state index in [-0.39, 0.29) is 0 Å². The third-order valence-corrected chi connectivity index (χ3v) is 5.20. The Morgan fingerprint density at radius 2 is 1.92 bits per heavy atom. The highest BCUT2D eigenvalue weighted by atomic mass is 35.5. The molecule has 0 aliphatic carbocycles. The zero-order valence-electron chi connectivity index (χ0n) is 14.9. The fourth-order valence-corrected chi connectivity index (χ4v) is 3.81. The van der Waals surface area contributed by atoms with Crippen molar-refractivity contribution in [2.45, 2.75) is 25.9 Å². The number of hydrogen-bond acceptors (Lipinski definition) is 3. The third kappa shape index (κ3) is 3.39. The van der Waals surface area contributed by atoms with E-state index in [1.807, 2.05) is 24.3 Å². The zero-order valence-corrected chi connectivity index (χ0v) is 15.7. The Balaban J connectivity index is 1.52. The van der Waals surface area contributed by atoms with Gasteiger partial charge >= 0.3 is 0 Å². The number of nitrogens with zero attached hydrogens (tertiary/aromatic N) is 1. The van der Waals surface area contributed by atoms with Crippen molar-refractivity contribution in [1.82, 2.24) is 9.88 Å². The minimum Gasteiger partial charge on any atom is -0.497 e. The fraction of sp³-hybridized carbons (Fsp3) is 0.333. The number of aromatic nitrogens is 1. The third-order valence-electron chi connectivity index (χ3n) is 4.95. The van der Waals surface area contributed by atoms with Crippen LogP contribution in [0.4, 0.5) is 0 Å². The van der Waals surface area contributed by atoms with Crippen molar-refractivity contribution in [3.05, 3.63) is 58.7 Å². The molecule has 0 unspecified atom stereocenters. The molecule has 4 rings (SSSR count). The van der Waals surface area contributed by atoms with Gasteiger partial charge in [-0.2, -0.15) is 0 Å². The first-order chi connectivity index (χ1) is 12.8. The van der Waals surface area contributed by atoms with Gasteiger partial charge in [0, 0.05) is 35.3 Å². The highest BCUT2D eigenvalue weighted by Gasteiger charge is 2.19. The molecule has 4 nitrogen and oxygen atoms in total. The van der Waals surface area contributed by atoms with E-state index in [0.717, 1.165) is 49.0 Å². The predicted octanol–water partition coefficient (Wildman–Crippen LogP) is 4.42. The van der Waals surface area contributed by atoms with E-state index in [4.69, 9.17) is 21.1 Å². The van der Waals surface area contributed by atoms with Gasteiger partial charge in [-0.05, 0) is 61.3 Å². The zero-order chi connectivity index (χ0) is 17.9. The van der Waals surface area contributed by atoms with Crippen molar-refractivity contribution in [3.63, 3.8) is 0 Å². The summed E-state index contributed by atoms with van der Waals surface area (Å²) in [4.78, 5) is 0. The average molecular weight is 371 g/mol. The molecule has 1 aromatic heterocycles. The van der Waals surface area contributed by atoms with Crippen LogP contribution in [0.2, 0.25) is 5.02 Å². The van der Waals surface area contributed by atoms with Gasteiger partial charge in [-0.1, -0.05) is 11.6 Å². The van der Waals surface area contributed by atoms with Crippen molar-refractivity contribution in [1.29, 1.82) is 0 Å². The minimum absolute atomic E-state index is 0.674. The van der Waals surface area contributed by atoms with Crippen LogP contribution >= 0.6 is 11.6 Å². The largest absolute Gasteiger partial charge is 0.497 e. The van der Waals surface area contributed by atoms with Crippen molar-refractivity contribution < 1.29 is 9.47 Å². The van der Waals surface area contributed by atoms with Crippen LogP contribution in [0.1, 0.15) is 17.7 Å². The Morgan fingerprint density at radius 3 is 2.73 bits per heavy atom. The number of ether oxygens (including phenoxy) is 2. The van der Waals surface area contributed by atoms with E-state index in [0.29, 0.717) is 6.61 Å². The Hall–Kier alpha value is -2.17. The summed E-state index contributed by atoms with van der Waals surface area (Å²) in [6.45, 7) is 3.56. The molecule has 1 aliphatic heterocycles. The lowest BCUT2D eigenvalue weighted by atomic mass is 10.0. The molecule has 0 spiro atoms. The van der Waals surface area contributed by atoms with Crippen molar-refractivity contribution in [3.8, 4) is 11.5 Å². The summed E-state index contributed by atoms with van der Waals surface area (Å²) in [5.41, 5.74) is 4.12. The van der Waals surface area contributed by atoms with Crippen LogP contribution in [0.15, 0.2) is 42.5 Å². The summed E-state index contributed by atoms with van der Waals surface area (Å²) in [6, 6.07) is 13.9. The number of aryl methyl sites for hydroxylation is 1. The van der Waals surface area contributed by atoms with Crippen LogP contribution in [0.5, 0.6) is 11.5 Å². The van der Waals surface area contributed by atoms with Gasteiger partial charge in [-0.15, -0.1) is 0 Å². The van der Waals surface area contributed by atoms with E-state index in [9.17, 15) is 0 Å². The van der Waals surface area contributed by atoms with Crippen molar-refractivity contribution in [2.75, 3.05) is 20.3 Å². The Morgan fingerprint density at radius 1 is 1.12 bits per heavy atom. The standard InChI is InChI=1S/C21H23ClN2O2/c1-25-17-7-8-18-19-9-10-23-14-21(19)24(20(18)13-17)11-2-12-26-16-5-3-15(22)4-6-16/h3-8,13,23H,2,9-12,14H2,1H3. The van der Waals surface area contributed by atoms with Gasteiger partial charge in [0.2, 0.25) is 0 Å². The van der Waals surface area contributed by atoms with E-state index in [2.05, 4.69) is 28.1 Å². The molecule has 0 saturated carbocycles. The second-order valence-electron chi connectivity index (χ2n) is 6.54. The lowest BCUT2D eigenvalue weighted by Gasteiger charge is -2.17. The number of rotatable bonds is 6. The van der Waals surface area contributed by atoms with Gasteiger partial charge in [-0.3, -0.25) is 0 Å². The van der Waals surface area contributed by atoms with Crippen LogP contribution < -0.4 is 14.8 Å². The topological polar surface area (TPSA) is 35.4 Å². The number of nitrogens with one attached hydrogen (secondary N) is 1. The molecule has 0 bridgehead atoms. The molecule has 1 N–H and O–H groups in total. The molecule has 3 aromatic rings. The van der Waals surface area contributed by atoms with Crippen LogP contribution in [-0.4, -0.2) is 24.8 Å². The molecule has 136 valence electrons. The maximum atomic E-state index is 5.91. The first-order valence-electron chi connectivity index (χ1n) is 9.03.